The van der Waals surface area contributed by atoms with Gasteiger partial charge in [0.2, 0.25) is 5.91 Å². The first-order chi connectivity index (χ1) is 16.8. The summed E-state index contributed by atoms with van der Waals surface area (Å²) in [5, 5.41) is 23.1. The van der Waals surface area contributed by atoms with Crippen LogP contribution in [0.25, 0.3) is 22.8 Å². The first-order valence-corrected chi connectivity index (χ1v) is 11.6. The van der Waals surface area contributed by atoms with E-state index >= 15 is 0 Å². The third kappa shape index (κ3) is 5.73. The number of unbranched alkanes of at least 4 members (excludes halogenated alkanes) is 1. The van der Waals surface area contributed by atoms with E-state index in [1.807, 2.05) is 25.1 Å². The predicted molar refractivity (Wildman–Crippen MR) is 138 cm³/mol. The average molecular weight is 490 g/mol. The molecule has 1 aromatic heterocycles. The summed E-state index contributed by atoms with van der Waals surface area (Å²) in [6.07, 6.45) is 6.18. The topological polar surface area (TPSA) is 103 Å². The molecule has 1 amide bonds. The molecular weight excluding hydrogens is 466 g/mol. The van der Waals surface area contributed by atoms with Crippen LogP contribution in [-0.4, -0.2) is 25.8 Å². The van der Waals surface area contributed by atoms with Gasteiger partial charge in [0.05, 0.1) is 10.6 Å². The molecule has 0 fully saturated rings. The largest absolute Gasteiger partial charge is 0.322 e. The molecule has 4 rings (SSSR count). The first kappa shape index (κ1) is 24.1. The van der Waals surface area contributed by atoms with Crippen molar-refractivity contribution < 1.29 is 9.72 Å². The van der Waals surface area contributed by atoms with E-state index in [0.717, 1.165) is 36.0 Å². The number of nitrogens with zero attached hydrogens (tertiary/aromatic N) is 4. The van der Waals surface area contributed by atoms with Crippen LogP contribution < -0.4 is 5.32 Å². The molecule has 9 heteroatoms. The van der Waals surface area contributed by atoms with Crippen LogP contribution in [0.5, 0.6) is 0 Å². The van der Waals surface area contributed by atoms with Crippen molar-refractivity contribution in [3.8, 4) is 5.69 Å². The summed E-state index contributed by atoms with van der Waals surface area (Å²) in [5.41, 5.74) is 5.25. The van der Waals surface area contributed by atoms with Gasteiger partial charge in [-0.2, -0.15) is 4.80 Å². The number of nitro benzene ring substituents is 1. The fourth-order valence-corrected chi connectivity index (χ4v) is 3.80. The van der Waals surface area contributed by atoms with Gasteiger partial charge < -0.3 is 5.32 Å². The lowest BCUT2D eigenvalue weighted by molar-refractivity contribution is -0.384. The normalized spacial score (nSPS) is 11.3. The van der Waals surface area contributed by atoms with Crippen LogP contribution in [0.1, 0.15) is 36.5 Å². The Labute approximate surface area is 207 Å². The van der Waals surface area contributed by atoms with Gasteiger partial charge in [-0.3, -0.25) is 14.9 Å². The molecule has 3 aromatic carbocycles. The molecule has 8 nitrogen and oxygen atoms in total. The second-order valence-corrected chi connectivity index (χ2v) is 8.61. The van der Waals surface area contributed by atoms with Gasteiger partial charge in [-0.15, -0.1) is 10.2 Å². The van der Waals surface area contributed by atoms with Gasteiger partial charge in [-0.05, 0) is 72.9 Å². The van der Waals surface area contributed by atoms with E-state index in [1.165, 1.54) is 29.8 Å². The van der Waals surface area contributed by atoms with E-state index in [2.05, 4.69) is 34.6 Å². The molecular formula is C26H24ClN5O3. The molecule has 4 aromatic rings. The fourth-order valence-electron chi connectivity index (χ4n) is 3.61. The van der Waals surface area contributed by atoms with Crippen molar-refractivity contribution in [1.29, 1.82) is 0 Å². The lowest BCUT2D eigenvalue weighted by Crippen LogP contribution is -2.09. The number of hydrogen-bond donors (Lipinski definition) is 1. The van der Waals surface area contributed by atoms with Crippen LogP contribution in [0.2, 0.25) is 5.02 Å². The second kappa shape index (κ2) is 10.5. The highest BCUT2D eigenvalue weighted by atomic mass is 35.5. The van der Waals surface area contributed by atoms with Gasteiger partial charge in [0.1, 0.15) is 16.1 Å². The molecule has 0 saturated carbocycles. The van der Waals surface area contributed by atoms with E-state index in [4.69, 9.17) is 11.6 Å². The molecule has 0 aliphatic rings. The number of carbonyl (C=O) groups excluding carboxylic acids is 1. The van der Waals surface area contributed by atoms with E-state index < -0.39 is 4.92 Å². The number of aromatic nitrogens is 3. The highest BCUT2D eigenvalue weighted by Gasteiger charge is 2.13. The quantitative estimate of drug-likeness (QED) is 0.178. The van der Waals surface area contributed by atoms with Gasteiger partial charge in [0.15, 0.2) is 0 Å². The van der Waals surface area contributed by atoms with Crippen molar-refractivity contribution in [2.24, 2.45) is 0 Å². The molecule has 0 aliphatic heterocycles. The van der Waals surface area contributed by atoms with Crippen LogP contribution in [0.15, 0.2) is 60.7 Å². The smallest absolute Gasteiger partial charge is 0.288 e. The summed E-state index contributed by atoms with van der Waals surface area (Å²) < 4.78 is 0. The zero-order valence-corrected chi connectivity index (χ0v) is 20.1. The minimum absolute atomic E-state index is 0.0426. The highest BCUT2D eigenvalue weighted by Crippen LogP contribution is 2.26. The average Bonchev–Trinajstić information content (AvgIpc) is 3.25. The number of benzene rings is 3. The molecule has 0 aliphatic carbocycles. The van der Waals surface area contributed by atoms with Crippen LogP contribution in [0.4, 0.5) is 11.4 Å². The lowest BCUT2D eigenvalue weighted by atomic mass is 10.1. The number of nitrogens with one attached hydrogen (secondary N) is 1. The number of nitro groups is 1. The van der Waals surface area contributed by atoms with E-state index in [0.29, 0.717) is 16.8 Å². The van der Waals surface area contributed by atoms with Gasteiger partial charge in [0.25, 0.3) is 5.69 Å². The third-order valence-corrected chi connectivity index (χ3v) is 5.88. The van der Waals surface area contributed by atoms with Gasteiger partial charge in [-0.1, -0.05) is 43.1 Å². The number of fused-ring (bicyclic) bond motifs is 1. The van der Waals surface area contributed by atoms with Crippen LogP contribution >= 0.6 is 11.6 Å². The van der Waals surface area contributed by atoms with Crippen molar-refractivity contribution >= 4 is 46.0 Å². The molecule has 1 N–H and O–H groups in total. The molecule has 0 saturated heterocycles. The number of amides is 1. The predicted octanol–water partition coefficient (Wildman–Crippen LogP) is 6.29. The molecule has 0 bridgehead atoms. The summed E-state index contributed by atoms with van der Waals surface area (Å²) in [4.78, 5) is 24.6. The Hall–Kier alpha value is -4.04. The highest BCUT2D eigenvalue weighted by molar-refractivity contribution is 6.32. The minimum Gasteiger partial charge on any atom is -0.322 e. The summed E-state index contributed by atoms with van der Waals surface area (Å²) in [6.45, 7) is 4.05. The van der Waals surface area contributed by atoms with Gasteiger partial charge in [-0.25, -0.2) is 0 Å². The lowest BCUT2D eigenvalue weighted by Gasteiger charge is -2.05. The summed E-state index contributed by atoms with van der Waals surface area (Å²) in [6, 6.07) is 16.2. The van der Waals surface area contributed by atoms with Crippen molar-refractivity contribution in [2.45, 2.75) is 33.1 Å². The monoisotopic (exact) mass is 489 g/mol. The van der Waals surface area contributed by atoms with Crippen LogP contribution in [0.3, 0.4) is 0 Å². The number of anilines is 1. The third-order valence-electron chi connectivity index (χ3n) is 5.56. The Morgan fingerprint density at radius 1 is 1.11 bits per heavy atom. The molecule has 35 heavy (non-hydrogen) atoms. The molecule has 0 spiro atoms. The number of halogens is 1. The first-order valence-electron chi connectivity index (χ1n) is 11.2. The SMILES string of the molecule is CCCCc1ccc(-n2nc3cc(C)c(NC(=O)C=Cc4ccc(Cl)c([N+](=O)[O-])c4)cc3n2)cc1. The van der Waals surface area contributed by atoms with Crippen molar-refractivity contribution in [3.05, 3.63) is 92.5 Å². The molecule has 178 valence electrons. The Bertz CT molecular complexity index is 1430. The molecule has 0 unspecified atom stereocenters. The zero-order chi connectivity index (χ0) is 24.9. The molecule has 0 atom stereocenters. The molecule has 1 heterocycles. The maximum atomic E-state index is 12.5. The minimum atomic E-state index is -0.563. The second-order valence-electron chi connectivity index (χ2n) is 8.21. The van der Waals surface area contributed by atoms with E-state index in [-0.39, 0.29) is 16.6 Å². The Morgan fingerprint density at radius 3 is 2.51 bits per heavy atom. The summed E-state index contributed by atoms with van der Waals surface area (Å²) >= 11 is 5.83. The van der Waals surface area contributed by atoms with E-state index in [1.54, 1.807) is 16.9 Å². The van der Waals surface area contributed by atoms with Crippen LogP contribution in [0, 0.1) is 17.0 Å². The Balaban J connectivity index is 1.50. The Kier molecular flexibility index (Phi) is 7.22. The number of aryl methyl sites for hydroxylation is 2. The van der Waals surface area contributed by atoms with Crippen LogP contribution in [-0.2, 0) is 11.2 Å². The summed E-state index contributed by atoms with van der Waals surface area (Å²) in [7, 11) is 0. The Morgan fingerprint density at radius 2 is 1.83 bits per heavy atom. The number of carbonyl (C=O) groups is 1. The number of hydrogen-bond acceptors (Lipinski definition) is 5. The number of rotatable bonds is 8. The van der Waals surface area contributed by atoms with Gasteiger partial charge >= 0.3 is 0 Å². The maximum absolute atomic E-state index is 12.5. The van der Waals surface area contributed by atoms with Crippen molar-refractivity contribution in [1.82, 2.24) is 15.0 Å². The maximum Gasteiger partial charge on any atom is 0.288 e. The van der Waals surface area contributed by atoms with Crippen molar-refractivity contribution in [2.75, 3.05) is 5.32 Å². The zero-order valence-electron chi connectivity index (χ0n) is 19.4. The van der Waals surface area contributed by atoms with E-state index in [9.17, 15) is 14.9 Å². The van der Waals surface area contributed by atoms with Gasteiger partial charge in [0, 0.05) is 17.8 Å². The standard InChI is InChI=1S/C26H24ClN5O3/c1-3-4-5-18-6-10-20(11-7-18)31-29-23-14-17(2)22(16-24(23)30-31)28-26(33)13-9-19-8-12-21(27)25(15-19)32(34)35/h6-16H,3-5H2,1-2H3,(H,28,33). The van der Waals surface area contributed by atoms with Crippen molar-refractivity contribution in [3.63, 3.8) is 0 Å². The summed E-state index contributed by atoms with van der Waals surface area (Å²) in [5.74, 6) is -0.375. The molecule has 0 radical (unpaired) electrons. The fraction of sp³-hybridized carbons (Fsp3) is 0.192.